The van der Waals surface area contributed by atoms with Crippen molar-refractivity contribution < 1.29 is 27.7 Å². The van der Waals surface area contributed by atoms with Gasteiger partial charge in [0.05, 0.1) is 29.1 Å². The van der Waals surface area contributed by atoms with Crippen LogP contribution >= 0.6 is 17.5 Å². The molecule has 0 saturated heterocycles. The summed E-state index contributed by atoms with van der Waals surface area (Å²) in [6.07, 6.45) is 18.1. The maximum absolute atomic E-state index is 6.38. The van der Waals surface area contributed by atoms with Gasteiger partial charge in [-0.25, -0.2) is 19.1 Å². The summed E-state index contributed by atoms with van der Waals surface area (Å²) in [6.45, 7) is 13.8. The van der Waals surface area contributed by atoms with Crippen molar-refractivity contribution in [1.29, 1.82) is 0 Å². The van der Waals surface area contributed by atoms with Gasteiger partial charge in [-0.3, -0.25) is 0 Å². The second-order valence-electron chi connectivity index (χ2n) is 11.2. The third-order valence-corrected chi connectivity index (χ3v) is 11.5. The number of allylic oxidation sites excluding steroid dienone is 2. The molecule has 0 unspecified atom stereocenters. The van der Waals surface area contributed by atoms with Gasteiger partial charge in [-0.2, -0.15) is 0 Å². The normalized spacial score (nSPS) is 16.6. The van der Waals surface area contributed by atoms with Crippen molar-refractivity contribution in [2.75, 3.05) is 0 Å². The summed E-state index contributed by atoms with van der Waals surface area (Å²) in [6, 6.07) is 15.7. The molecule has 39 heavy (non-hydrogen) atoms. The van der Waals surface area contributed by atoms with Crippen molar-refractivity contribution in [2.45, 2.75) is 122 Å². The average Bonchev–Trinajstić information content (AvgIpc) is 2.96. The van der Waals surface area contributed by atoms with E-state index in [0.717, 1.165) is 22.8 Å². The van der Waals surface area contributed by atoms with Gasteiger partial charge in [0.15, 0.2) is 0 Å². The fraction of sp³-hybridized carbons (Fsp3) is 0.559. The number of hydrogen-bond acceptors (Lipinski definition) is 2. The van der Waals surface area contributed by atoms with Crippen molar-refractivity contribution in [3.05, 3.63) is 61.5 Å². The Kier molecular flexibility index (Phi) is 16.9. The van der Waals surface area contributed by atoms with Crippen LogP contribution in [0.3, 0.4) is 0 Å². The zero-order valence-corrected chi connectivity index (χ0v) is 28.1. The number of rotatable bonds is 8. The molecule has 5 heteroatoms. The average molecular weight is 665 g/mol. The van der Waals surface area contributed by atoms with Crippen molar-refractivity contribution >= 4 is 22.8 Å². The Labute approximate surface area is 255 Å². The van der Waals surface area contributed by atoms with E-state index in [0.29, 0.717) is 0 Å². The molecule has 0 bridgehead atoms. The molecule has 2 aromatic rings. The molecule has 0 aliphatic heterocycles. The first kappa shape index (κ1) is 34.2. The molecule has 0 radical (unpaired) electrons. The zero-order valence-electron chi connectivity index (χ0n) is 24.8. The summed E-state index contributed by atoms with van der Waals surface area (Å²) in [5, 5.41) is 1.63. The van der Waals surface area contributed by atoms with Gasteiger partial charge in [-0.05, 0) is 97.3 Å². The molecule has 2 fully saturated rings. The number of benzene rings is 2. The fourth-order valence-corrected chi connectivity index (χ4v) is 10.4. The van der Waals surface area contributed by atoms with Gasteiger partial charge in [0, 0.05) is 13.5 Å². The van der Waals surface area contributed by atoms with Crippen LogP contribution in [-0.2, 0) is 18.2 Å². The topological polar surface area (TPSA) is 18.5 Å². The monoisotopic (exact) mass is 663 g/mol. The van der Waals surface area contributed by atoms with Crippen LogP contribution in [0.25, 0.3) is 11.1 Å². The number of ether oxygens (including phenoxy) is 2. The summed E-state index contributed by atoms with van der Waals surface area (Å²) in [5.74, 6) is 1.92. The Morgan fingerprint density at radius 1 is 0.769 bits per heavy atom. The van der Waals surface area contributed by atoms with E-state index in [4.69, 9.17) is 9.47 Å². The predicted molar refractivity (Wildman–Crippen MR) is 171 cm³/mol. The third-order valence-electron chi connectivity index (χ3n) is 7.55. The zero-order chi connectivity index (χ0) is 28.6. The van der Waals surface area contributed by atoms with Crippen LogP contribution in [-0.4, -0.2) is 23.5 Å². The van der Waals surface area contributed by atoms with E-state index in [1.807, 2.05) is 13.0 Å². The van der Waals surface area contributed by atoms with E-state index in [1.54, 1.807) is 11.4 Å². The van der Waals surface area contributed by atoms with Crippen molar-refractivity contribution in [2.24, 2.45) is 0 Å². The summed E-state index contributed by atoms with van der Waals surface area (Å²) < 4.78 is 12.8. The van der Waals surface area contributed by atoms with Crippen LogP contribution in [0.1, 0.15) is 98.8 Å². The Morgan fingerprint density at radius 2 is 1.21 bits per heavy atom. The van der Waals surface area contributed by atoms with Gasteiger partial charge in [0.1, 0.15) is 16.8 Å². The molecule has 0 heterocycles. The van der Waals surface area contributed by atoms with Gasteiger partial charge < -0.3 is 9.47 Å². The van der Waals surface area contributed by atoms with E-state index in [-0.39, 0.29) is 12.2 Å². The first-order valence-electron chi connectivity index (χ1n) is 14.9. The van der Waals surface area contributed by atoms with E-state index in [1.165, 1.54) is 75.3 Å². The molecule has 4 rings (SSSR count). The Balaban J connectivity index is 0.000000815. The third kappa shape index (κ3) is 10.7. The summed E-state index contributed by atoms with van der Waals surface area (Å²) in [5.41, 5.74) is 4.35. The first-order chi connectivity index (χ1) is 19.0. The molecular formula is C34H51ClO2PPd+. The SMILES string of the molecule is CC(C)Oc1cccc(OC(C)C)c1-c1ccccc1[PH+](C1CCCCC1)C1CCCCC1.[CH2-]/C=C/C.[Cl][Pd+]. The van der Waals surface area contributed by atoms with Gasteiger partial charge in [0.2, 0.25) is 0 Å². The molecule has 2 nitrogen and oxygen atoms in total. The summed E-state index contributed by atoms with van der Waals surface area (Å²) >= 11 is 2.22. The van der Waals surface area contributed by atoms with Crippen LogP contribution in [0.4, 0.5) is 0 Å². The maximum atomic E-state index is 6.38. The number of hydrogen-bond donors (Lipinski definition) is 0. The first-order valence-corrected chi connectivity index (χ1v) is 18.6. The minimum absolute atomic E-state index is 0.131. The molecule has 0 N–H and O–H groups in total. The molecule has 0 amide bonds. The molecule has 2 aliphatic rings. The van der Waals surface area contributed by atoms with Crippen LogP contribution in [0.5, 0.6) is 11.5 Å². The minimum atomic E-state index is -0.700. The Bertz CT molecular complexity index is 915. The second kappa shape index (κ2) is 19.2. The molecule has 2 aromatic carbocycles. The van der Waals surface area contributed by atoms with Crippen LogP contribution < -0.4 is 14.8 Å². The van der Waals surface area contributed by atoms with Crippen LogP contribution in [0.2, 0.25) is 0 Å². The molecular weight excluding hydrogens is 613 g/mol. The van der Waals surface area contributed by atoms with Crippen molar-refractivity contribution in [3.63, 3.8) is 0 Å². The van der Waals surface area contributed by atoms with E-state index < -0.39 is 7.92 Å². The molecule has 0 aromatic heterocycles. The van der Waals surface area contributed by atoms with Gasteiger partial charge in [-0.1, -0.05) is 37.1 Å². The van der Waals surface area contributed by atoms with Crippen LogP contribution in [0, 0.1) is 6.92 Å². The van der Waals surface area contributed by atoms with E-state index in [2.05, 4.69) is 105 Å². The van der Waals surface area contributed by atoms with Gasteiger partial charge >= 0.3 is 27.7 Å². The second-order valence-corrected chi connectivity index (χ2v) is 14.3. The molecule has 220 valence electrons. The van der Waals surface area contributed by atoms with Gasteiger partial charge in [-0.15, -0.1) is 6.92 Å². The summed E-state index contributed by atoms with van der Waals surface area (Å²) in [4.78, 5) is 0. The fourth-order valence-electron chi connectivity index (χ4n) is 6.03. The molecule has 0 spiro atoms. The Hall–Kier alpha value is -0.968. The van der Waals surface area contributed by atoms with Crippen molar-refractivity contribution in [3.8, 4) is 22.6 Å². The summed E-state index contributed by atoms with van der Waals surface area (Å²) in [7, 11) is 3.79. The standard InChI is InChI=1S/C30H43O2P.C4H7.ClH.Pd/c1-22(2)31-27-19-13-20-28(32-23(3)4)30(27)26-18-11-12-21-29(26)33(24-14-7-5-8-15-24)25-16-9-6-10-17-25;1-3-4-2;;/h11-13,18-25H,5-10,14-17H2,1-4H3;3-4H,1H2,2H3;1H;/q;-1;;+2/b;4-3+;;. The molecule has 2 aliphatic carbocycles. The van der Waals surface area contributed by atoms with E-state index in [9.17, 15) is 0 Å². The quantitative estimate of drug-likeness (QED) is 0.159. The molecule has 2 saturated carbocycles. The van der Waals surface area contributed by atoms with E-state index >= 15 is 0 Å². The number of halogens is 1. The van der Waals surface area contributed by atoms with Crippen molar-refractivity contribution in [1.82, 2.24) is 0 Å². The predicted octanol–water partition coefficient (Wildman–Crippen LogP) is 10.5. The molecule has 0 atom stereocenters. The van der Waals surface area contributed by atoms with Crippen LogP contribution in [0.15, 0.2) is 54.6 Å². The Morgan fingerprint density at radius 3 is 1.62 bits per heavy atom. The van der Waals surface area contributed by atoms with Gasteiger partial charge in [0.25, 0.3) is 0 Å².